The molecule has 0 aromatic heterocycles. The van der Waals surface area contributed by atoms with Crippen molar-refractivity contribution in [3.8, 4) is 0 Å². The van der Waals surface area contributed by atoms with E-state index in [-0.39, 0.29) is 12.3 Å². The van der Waals surface area contributed by atoms with E-state index < -0.39 is 36.2 Å². The third-order valence-corrected chi connectivity index (χ3v) is 5.03. The van der Waals surface area contributed by atoms with Gasteiger partial charge in [0, 0.05) is 32.2 Å². The van der Waals surface area contributed by atoms with Crippen molar-refractivity contribution in [1.82, 2.24) is 20.4 Å². The Hall–Kier alpha value is -2.20. The number of piperazine rings is 1. The van der Waals surface area contributed by atoms with Crippen LogP contribution in [0.4, 0.5) is 17.6 Å². The summed E-state index contributed by atoms with van der Waals surface area (Å²) in [5.74, 6) is -0.920. The summed E-state index contributed by atoms with van der Waals surface area (Å²) < 4.78 is 52.0. The Kier molecular flexibility index (Phi) is 5.90. The molecule has 1 aromatic carbocycles. The molecule has 10 heteroatoms. The maximum atomic E-state index is 13.6. The maximum Gasteiger partial charge on any atom is 0.416 e. The highest BCUT2D eigenvalue weighted by atomic mass is 19.4. The van der Waals surface area contributed by atoms with Gasteiger partial charge in [-0.25, -0.2) is 4.39 Å². The molecule has 2 fully saturated rings. The van der Waals surface area contributed by atoms with Gasteiger partial charge in [0.05, 0.1) is 12.0 Å². The van der Waals surface area contributed by atoms with Crippen molar-refractivity contribution in [1.29, 1.82) is 0 Å². The van der Waals surface area contributed by atoms with Crippen LogP contribution in [0.3, 0.4) is 0 Å². The zero-order valence-corrected chi connectivity index (χ0v) is 15.3. The summed E-state index contributed by atoms with van der Waals surface area (Å²) in [4.78, 5) is 27.6. The Bertz CT molecular complexity index is 735. The fraction of sp³-hybridized carbons (Fsp3) is 0.556. The largest absolute Gasteiger partial charge is 0.416 e. The van der Waals surface area contributed by atoms with Crippen LogP contribution in [0.25, 0.3) is 0 Å². The Morgan fingerprint density at radius 2 is 1.89 bits per heavy atom. The van der Waals surface area contributed by atoms with Crippen LogP contribution >= 0.6 is 0 Å². The fourth-order valence-electron chi connectivity index (χ4n) is 3.39. The van der Waals surface area contributed by atoms with Crippen molar-refractivity contribution in [2.45, 2.75) is 38.0 Å². The van der Waals surface area contributed by atoms with E-state index in [0.29, 0.717) is 31.7 Å². The van der Waals surface area contributed by atoms with Gasteiger partial charge in [-0.15, -0.1) is 0 Å². The van der Waals surface area contributed by atoms with Crippen LogP contribution in [0.1, 0.15) is 18.1 Å². The molecular formula is C18H22F4N4O2. The average Bonchev–Trinajstić information content (AvgIpc) is 2.65. The molecule has 0 saturated carbocycles. The standard InChI is InChI=1S/C18H22F4N4O2/c1-11-15(19)16(28)24-17(23-11)26-7-5-25(6-8-26)14(27)10-12-3-2-4-13(9-12)18(20,21)22/h2-4,9,11,15,17,23H,5-8,10H2,1H3,(H,24,28). The third kappa shape index (κ3) is 4.61. The Morgan fingerprint density at radius 3 is 2.50 bits per heavy atom. The molecule has 2 N–H and O–H groups in total. The van der Waals surface area contributed by atoms with Crippen LogP contribution < -0.4 is 10.6 Å². The molecule has 2 aliphatic heterocycles. The molecule has 3 unspecified atom stereocenters. The molecule has 0 radical (unpaired) electrons. The summed E-state index contributed by atoms with van der Waals surface area (Å²) in [5.41, 5.74) is -0.465. The van der Waals surface area contributed by atoms with Crippen LogP contribution in [0.15, 0.2) is 24.3 Å². The van der Waals surface area contributed by atoms with E-state index in [1.807, 2.05) is 4.90 Å². The number of carbonyl (C=O) groups is 2. The van der Waals surface area contributed by atoms with Gasteiger partial charge >= 0.3 is 6.18 Å². The first kappa shape index (κ1) is 20.5. The monoisotopic (exact) mass is 402 g/mol. The number of rotatable bonds is 3. The minimum Gasteiger partial charge on any atom is -0.340 e. The SMILES string of the molecule is CC1NC(N2CCN(C(=O)Cc3cccc(C(F)(F)F)c3)CC2)NC(=O)C1F. The van der Waals surface area contributed by atoms with Gasteiger partial charge in [0.15, 0.2) is 6.17 Å². The van der Waals surface area contributed by atoms with Crippen molar-refractivity contribution in [2.75, 3.05) is 26.2 Å². The molecule has 2 saturated heterocycles. The van der Waals surface area contributed by atoms with Crippen molar-refractivity contribution in [3.05, 3.63) is 35.4 Å². The van der Waals surface area contributed by atoms with Crippen LogP contribution in [0, 0.1) is 0 Å². The Balaban J connectivity index is 1.54. The second kappa shape index (κ2) is 8.04. The summed E-state index contributed by atoms with van der Waals surface area (Å²) in [6.07, 6.45) is -6.66. The van der Waals surface area contributed by atoms with Gasteiger partial charge in [-0.2, -0.15) is 13.2 Å². The van der Waals surface area contributed by atoms with Gasteiger partial charge in [-0.05, 0) is 18.6 Å². The molecule has 2 amide bonds. The number of halogens is 4. The molecule has 2 aliphatic rings. The highest BCUT2D eigenvalue weighted by molar-refractivity contribution is 5.82. The summed E-state index contributed by atoms with van der Waals surface area (Å²) in [6, 6.07) is 4.14. The highest BCUT2D eigenvalue weighted by Crippen LogP contribution is 2.29. The molecular weight excluding hydrogens is 380 g/mol. The van der Waals surface area contributed by atoms with Crippen molar-refractivity contribution in [2.24, 2.45) is 0 Å². The molecule has 28 heavy (non-hydrogen) atoms. The van der Waals surface area contributed by atoms with E-state index in [1.54, 1.807) is 11.8 Å². The number of carbonyl (C=O) groups excluding carboxylic acids is 2. The summed E-state index contributed by atoms with van der Waals surface area (Å²) in [6.45, 7) is 3.25. The highest BCUT2D eigenvalue weighted by Gasteiger charge is 2.37. The van der Waals surface area contributed by atoms with E-state index in [2.05, 4.69) is 10.6 Å². The predicted molar refractivity (Wildman–Crippen MR) is 92.7 cm³/mol. The lowest BCUT2D eigenvalue weighted by Crippen LogP contribution is -2.69. The van der Waals surface area contributed by atoms with E-state index in [0.717, 1.165) is 12.1 Å². The lowest BCUT2D eigenvalue weighted by molar-refractivity contribution is -0.138. The number of benzene rings is 1. The average molecular weight is 402 g/mol. The quantitative estimate of drug-likeness (QED) is 0.744. The molecule has 6 nitrogen and oxygen atoms in total. The first-order chi connectivity index (χ1) is 13.1. The second-order valence-corrected chi connectivity index (χ2v) is 7.06. The number of nitrogens with one attached hydrogen (secondary N) is 2. The van der Waals surface area contributed by atoms with E-state index in [9.17, 15) is 27.2 Å². The number of nitrogens with zero attached hydrogens (tertiary/aromatic N) is 2. The summed E-state index contributed by atoms with van der Waals surface area (Å²) in [5, 5.41) is 5.54. The van der Waals surface area contributed by atoms with Crippen LogP contribution in [0.5, 0.6) is 0 Å². The number of amides is 2. The first-order valence-electron chi connectivity index (χ1n) is 9.03. The van der Waals surface area contributed by atoms with Gasteiger partial charge < -0.3 is 10.2 Å². The topological polar surface area (TPSA) is 64.7 Å². The zero-order chi connectivity index (χ0) is 20.5. The first-order valence-corrected chi connectivity index (χ1v) is 9.03. The van der Waals surface area contributed by atoms with E-state index in [4.69, 9.17) is 0 Å². The van der Waals surface area contributed by atoms with Crippen molar-refractivity contribution >= 4 is 11.8 Å². The van der Waals surface area contributed by atoms with Gasteiger partial charge in [0.1, 0.15) is 6.29 Å². The lowest BCUT2D eigenvalue weighted by atomic mass is 10.1. The second-order valence-electron chi connectivity index (χ2n) is 7.06. The molecule has 154 valence electrons. The van der Waals surface area contributed by atoms with Gasteiger partial charge in [-0.1, -0.05) is 18.2 Å². The fourth-order valence-corrected chi connectivity index (χ4v) is 3.39. The minimum atomic E-state index is -4.45. The minimum absolute atomic E-state index is 0.108. The number of hydrogen-bond donors (Lipinski definition) is 2. The molecule has 1 aromatic rings. The maximum absolute atomic E-state index is 13.6. The van der Waals surface area contributed by atoms with Gasteiger partial charge in [-0.3, -0.25) is 19.8 Å². The smallest absolute Gasteiger partial charge is 0.340 e. The Labute approximate surface area is 159 Å². The molecule has 3 atom stereocenters. The zero-order valence-electron chi connectivity index (χ0n) is 15.3. The van der Waals surface area contributed by atoms with E-state index in [1.165, 1.54) is 12.1 Å². The van der Waals surface area contributed by atoms with Crippen LogP contribution in [0.2, 0.25) is 0 Å². The summed E-state index contributed by atoms with van der Waals surface area (Å²) >= 11 is 0. The van der Waals surface area contributed by atoms with E-state index >= 15 is 0 Å². The van der Waals surface area contributed by atoms with Crippen molar-refractivity contribution < 1.29 is 27.2 Å². The summed E-state index contributed by atoms with van der Waals surface area (Å²) in [7, 11) is 0. The molecule has 0 spiro atoms. The van der Waals surface area contributed by atoms with Crippen LogP contribution in [-0.2, 0) is 22.2 Å². The number of hydrogen-bond acceptors (Lipinski definition) is 4. The molecule has 0 aliphatic carbocycles. The third-order valence-electron chi connectivity index (χ3n) is 5.03. The van der Waals surface area contributed by atoms with Crippen molar-refractivity contribution in [3.63, 3.8) is 0 Å². The van der Waals surface area contributed by atoms with Gasteiger partial charge in [0.2, 0.25) is 5.91 Å². The predicted octanol–water partition coefficient (Wildman–Crippen LogP) is 1.12. The van der Waals surface area contributed by atoms with Gasteiger partial charge in [0.25, 0.3) is 5.91 Å². The van der Waals surface area contributed by atoms with Crippen LogP contribution in [-0.4, -0.2) is 66.3 Å². The molecule has 2 heterocycles. The Morgan fingerprint density at radius 1 is 1.21 bits per heavy atom. The normalized spacial score (nSPS) is 26.8. The molecule has 0 bridgehead atoms. The lowest BCUT2D eigenvalue weighted by Gasteiger charge is -2.43. The number of alkyl halides is 4. The molecule has 3 rings (SSSR count).